The van der Waals surface area contributed by atoms with Crippen LogP contribution in [-0.4, -0.2) is 39.0 Å². The third-order valence-corrected chi connectivity index (χ3v) is 7.30. The Morgan fingerprint density at radius 2 is 2.06 bits per heavy atom. The van der Waals surface area contributed by atoms with E-state index in [0.717, 1.165) is 47.7 Å². The van der Waals surface area contributed by atoms with E-state index in [-0.39, 0.29) is 5.24 Å². The summed E-state index contributed by atoms with van der Waals surface area (Å²) < 4.78 is -0.402. The second-order valence-corrected chi connectivity index (χ2v) is 10.9. The number of benzene rings is 2. The maximum Gasteiger partial charge on any atom is 0.300 e. The number of oxime groups is 1. The predicted octanol–water partition coefficient (Wildman–Crippen LogP) is 5.33. The molecule has 4 rings (SSSR count). The normalized spacial score (nSPS) is 18.3. The number of rotatable bonds is 4. The van der Waals surface area contributed by atoms with Crippen molar-refractivity contribution in [2.75, 3.05) is 17.2 Å². The van der Waals surface area contributed by atoms with Crippen LogP contribution < -0.4 is 10.3 Å². The number of amidine groups is 1. The molecule has 2 N–H and O–H groups in total. The highest BCUT2D eigenvalue weighted by Crippen LogP contribution is 2.35. The lowest BCUT2D eigenvalue weighted by Gasteiger charge is -2.33. The second kappa shape index (κ2) is 8.96. The van der Waals surface area contributed by atoms with Crippen molar-refractivity contribution in [2.24, 2.45) is 10.3 Å². The molecule has 162 valence electrons. The van der Waals surface area contributed by atoms with Crippen molar-refractivity contribution in [2.45, 2.75) is 43.3 Å². The number of hydrogen-bond acceptors (Lipinski definition) is 6. The Hall–Kier alpha value is -2.45. The van der Waals surface area contributed by atoms with Gasteiger partial charge in [-0.3, -0.25) is 4.79 Å². The first-order valence-corrected chi connectivity index (χ1v) is 12.2. The number of aryl methyl sites for hydroxylation is 1. The van der Waals surface area contributed by atoms with E-state index < -0.39 is 4.75 Å². The van der Waals surface area contributed by atoms with Crippen LogP contribution in [-0.2, 0) is 6.42 Å². The molecule has 0 radical (unpaired) electrons. The Morgan fingerprint density at radius 1 is 1.29 bits per heavy atom. The van der Waals surface area contributed by atoms with E-state index in [1.54, 1.807) is 11.8 Å². The number of carbonyl (C=O) groups is 1. The molecule has 0 saturated carbocycles. The molecule has 0 atom stereocenters. The molecule has 2 aromatic carbocycles. The molecule has 1 amide bonds. The highest BCUT2D eigenvalue weighted by Gasteiger charge is 2.34. The molecule has 31 heavy (non-hydrogen) atoms. The fraction of sp³-hybridized carbons (Fsp3) is 0.348. The fourth-order valence-corrected chi connectivity index (χ4v) is 5.53. The summed E-state index contributed by atoms with van der Waals surface area (Å²) in [6.07, 6.45) is 1.90. The highest BCUT2D eigenvalue weighted by atomic mass is 32.2. The average Bonchev–Trinajstić information content (AvgIpc) is 2.75. The molecule has 0 saturated heterocycles. The van der Waals surface area contributed by atoms with Crippen LogP contribution in [0.25, 0.3) is 0 Å². The monoisotopic (exact) mass is 454 g/mol. The van der Waals surface area contributed by atoms with Gasteiger partial charge in [0, 0.05) is 22.7 Å². The van der Waals surface area contributed by atoms with Crippen LogP contribution in [0.1, 0.15) is 43.9 Å². The number of anilines is 1. The molecule has 0 unspecified atom stereocenters. The van der Waals surface area contributed by atoms with Crippen molar-refractivity contribution >= 4 is 46.0 Å². The summed E-state index contributed by atoms with van der Waals surface area (Å²) in [5.74, 6) is 1.58. The van der Waals surface area contributed by atoms with Crippen LogP contribution in [0.5, 0.6) is 0 Å². The number of nitrogens with one attached hydrogen (secondary N) is 1. The SMILES string of the molecule is CCSc1ccc(/C(=N/O)N2CCCc3cc(C4=NNC(=O)SC4(C)C)ccc32)cc1. The topological polar surface area (TPSA) is 77.3 Å². The third kappa shape index (κ3) is 4.45. The molecule has 2 aliphatic rings. The van der Waals surface area contributed by atoms with E-state index in [2.05, 4.69) is 51.8 Å². The largest absolute Gasteiger partial charge is 0.409 e. The minimum atomic E-state index is -0.402. The van der Waals surface area contributed by atoms with E-state index in [0.29, 0.717) is 5.84 Å². The number of hydrazone groups is 1. The Morgan fingerprint density at radius 3 is 2.74 bits per heavy atom. The molecule has 8 heteroatoms. The third-order valence-electron chi connectivity index (χ3n) is 5.42. The molecule has 2 aliphatic heterocycles. The van der Waals surface area contributed by atoms with Crippen molar-refractivity contribution < 1.29 is 10.0 Å². The molecule has 6 nitrogen and oxygen atoms in total. The lowest BCUT2D eigenvalue weighted by molar-refractivity contribution is 0.260. The van der Waals surface area contributed by atoms with Gasteiger partial charge in [-0.1, -0.05) is 42.0 Å². The summed E-state index contributed by atoms with van der Waals surface area (Å²) in [6.45, 7) is 6.94. The van der Waals surface area contributed by atoms with Crippen molar-refractivity contribution in [1.29, 1.82) is 0 Å². The standard InChI is InChI=1S/C23H26N4O2S2/c1-4-30-18-10-7-15(8-11-18)21(26-29)27-13-5-6-16-14-17(9-12-19(16)27)20-23(2,3)31-22(28)25-24-20/h7-12,14,29H,4-6,13H2,1-3H3,(H,25,28)/b26-21-. The van der Waals surface area contributed by atoms with E-state index in [4.69, 9.17) is 0 Å². The molecule has 0 fully saturated rings. The Kier molecular flexibility index (Phi) is 6.29. The summed E-state index contributed by atoms with van der Waals surface area (Å²) in [4.78, 5) is 15.0. The summed E-state index contributed by atoms with van der Waals surface area (Å²) in [5.41, 5.74) is 7.56. The van der Waals surface area contributed by atoms with Crippen molar-refractivity contribution in [1.82, 2.24) is 5.43 Å². The zero-order valence-electron chi connectivity index (χ0n) is 17.9. The molecule has 0 bridgehead atoms. The minimum absolute atomic E-state index is 0.134. The van der Waals surface area contributed by atoms with Crippen LogP contribution in [0.15, 0.2) is 57.6 Å². The minimum Gasteiger partial charge on any atom is -0.409 e. The van der Waals surface area contributed by atoms with Gasteiger partial charge in [0.2, 0.25) is 0 Å². The van der Waals surface area contributed by atoms with Crippen LogP contribution >= 0.6 is 23.5 Å². The van der Waals surface area contributed by atoms with Crippen LogP contribution in [0, 0.1) is 0 Å². The second-order valence-electron chi connectivity index (χ2n) is 7.95. The quantitative estimate of drug-likeness (QED) is 0.215. The van der Waals surface area contributed by atoms with Crippen molar-refractivity contribution in [3.63, 3.8) is 0 Å². The molecule has 2 aromatic rings. The lowest BCUT2D eigenvalue weighted by atomic mass is 9.93. The Bertz CT molecular complexity index is 1050. The number of amides is 1. The molecular formula is C23H26N4O2S2. The van der Waals surface area contributed by atoms with E-state index in [9.17, 15) is 10.0 Å². The van der Waals surface area contributed by atoms with Crippen LogP contribution in [0.2, 0.25) is 0 Å². The number of hydrogen-bond donors (Lipinski definition) is 2. The lowest BCUT2D eigenvalue weighted by Crippen LogP contribution is -2.39. The summed E-state index contributed by atoms with van der Waals surface area (Å²) in [7, 11) is 0. The first-order chi connectivity index (χ1) is 14.9. The number of thioether (sulfide) groups is 2. The van der Waals surface area contributed by atoms with E-state index in [1.165, 1.54) is 22.2 Å². The highest BCUT2D eigenvalue weighted by molar-refractivity contribution is 8.15. The van der Waals surface area contributed by atoms with Gasteiger partial charge in [-0.05, 0) is 67.8 Å². The number of nitrogens with zero attached hydrogens (tertiary/aromatic N) is 3. The van der Waals surface area contributed by atoms with Gasteiger partial charge < -0.3 is 10.1 Å². The predicted molar refractivity (Wildman–Crippen MR) is 130 cm³/mol. The Balaban J connectivity index is 1.66. The van der Waals surface area contributed by atoms with Crippen molar-refractivity contribution in [3.05, 3.63) is 59.2 Å². The summed E-state index contributed by atoms with van der Waals surface area (Å²) in [6, 6.07) is 14.4. The molecule has 2 heterocycles. The molecule has 0 spiro atoms. The number of fused-ring (bicyclic) bond motifs is 1. The molecular weight excluding hydrogens is 428 g/mol. The van der Waals surface area contributed by atoms with Crippen LogP contribution in [0.4, 0.5) is 10.5 Å². The van der Waals surface area contributed by atoms with Gasteiger partial charge in [0.15, 0.2) is 5.84 Å². The van der Waals surface area contributed by atoms with Gasteiger partial charge in [-0.15, -0.1) is 11.8 Å². The van der Waals surface area contributed by atoms with Gasteiger partial charge in [-0.2, -0.15) is 5.10 Å². The van der Waals surface area contributed by atoms with Crippen molar-refractivity contribution in [3.8, 4) is 0 Å². The maximum atomic E-state index is 11.7. The summed E-state index contributed by atoms with van der Waals surface area (Å²) in [5, 5.41) is 17.7. The number of carbonyl (C=O) groups excluding carboxylic acids is 1. The van der Waals surface area contributed by atoms with Gasteiger partial charge in [0.05, 0.1) is 10.5 Å². The molecule has 0 aromatic heterocycles. The zero-order chi connectivity index (χ0) is 22.0. The zero-order valence-corrected chi connectivity index (χ0v) is 19.5. The van der Waals surface area contributed by atoms with Crippen LogP contribution in [0.3, 0.4) is 0 Å². The first kappa shape index (κ1) is 21.8. The summed E-state index contributed by atoms with van der Waals surface area (Å²) >= 11 is 3.04. The average molecular weight is 455 g/mol. The van der Waals surface area contributed by atoms with Gasteiger partial charge in [0.1, 0.15) is 0 Å². The van der Waals surface area contributed by atoms with Gasteiger partial charge in [-0.25, -0.2) is 5.43 Å². The Labute approximate surface area is 191 Å². The first-order valence-electron chi connectivity index (χ1n) is 10.4. The fourth-order valence-electron chi connectivity index (χ4n) is 4.05. The molecule has 0 aliphatic carbocycles. The van der Waals surface area contributed by atoms with E-state index in [1.807, 2.05) is 32.0 Å². The smallest absolute Gasteiger partial charge is 0.300 e. The van der Waals surface area contributed by atoms with E-state index >= 15 is 0 Å². The van der Waals surface area contributed by atoms with Gasteiger partial charge >= 0.3 is 0 Å². The maximum absolute atomic E-state index is 11.7. The van der Waals surface area contributed by atoms with Gasteiger partial charge in [0.25, 0.3) is 5.24 Å².